The van der Waals surface area contributed by atoms with Crippen molar-refractivity contribution in [3.8, 4) is 0 Å². The van der Waals surface area contributed by atoms with E-state index in [1.807, 2.05) is 6.92 Å². The van der Waals surface area contributed by atoms with Gasteiger partial charge in [-0.25, -0.2) is 17.5 Å². The number of hydrogen-bond acceptors (Lipinski definition) is 2. The molecule has 0 atom stereocenters. The highest BCUT2D eigenvalue weighted by Crippen LogP contribution is 2.29. The maximum absolute atomic E-state index is 13.5. The van der Waals surface area contributed by atoms with Crippen molar-refractivity contribution in [2.75, 3.05) is 0 Å². The molecule has 18 heavy (non-hydrogen) atoms. The van der Waals surface area contributed by atoms with Crippen LogP contribution in [0.15, 0.2) is 29.2 Å². The molecule has 0 amide bonds. The van der Waals surface area contributed by atoms with Crippen LogP contribution >= 0.6 is 0 Å². The zero-order valence-corrected chi connectivity index (χ0v) is 11.3. The van der Waals surface area contributed by atoms with Crippen LogP contribution in [0.1, 0.15) is 39.0 Å². The average Bonchev–Trinajstić information content (AvgIpc) is 2.28. The van der Waals surface area contributed by atoms with Crippen molar-refractivity contribution < 1.29 is 12.8 Å². The maximum Gasteiger partial charge on any atom is 0.243 e. The summed E-state index contributed by atoms with van der Waals surface area (Å²) in [7, 11) is -3.77. The van der Waals surface area contributed by atoms with Crippen molar-refractivity contribution >= 4 is 10.0 Å². The highest BCUT2D eigenvalue weighted by Gasteiger charge is 2.32. The number of sulfonamides is 1. The van der Waals surface area contributed by atoms with E-state index in [4.69, 9.17) is 0 Å². The zero-order chi connectivity index (χ0) is 13.2. The molecule has 3 nitrogen and oxygen atoms in total. The monoisotopic (exact) mass is 271 g/mol. The van der Waals surface area contributed by atoms with E-state index in [-0.39, 0.29) is 4.90 Å². The summed E-state index contributed by atoms with van der Waals surface area (Å²) >= 11 is 0. The molecule has 1 aromatic carbocycles. The smallest absolute Gasteiger partial charge is 0.207 e. The Morgan fingerprint density at radius 3 is 2.39 bits per heavy atom. The third kappa shape index (κ3) is 2.90. The largest absolute Gasteiger partial charge is 0.243 e. The van der Waals surface area contributed by atoms with Gasteiger partial charge in [-0.15, -0.1) is 0 Å². The highest BCUT2D eigenvalue weighted by molar-refractivity contribution is 7.89. The van der Waals surface area contributed by atoms with E-state index in [1.54, 1.807) is 0 Å². The number of rotatable bonds is 3. The zero-order valence-electron chi connectivity index (χ0n) is 10.4. The molecule has 1 N–H and O–H groups in total. The topological polar surface area (TPSA) is 46.2 Å². The third-order valence-corrected chi connectivity index (χ3v) is 5.14. The van der Waals surface area contributed by atoms with Gasteiger partial charge in [0.15, 0.2) is 0 Å². The van der Waals surface area contributed by atoms with Gasteiger partial charge in [-0.2, -0.15) is 0 Å². The van der Waals surface area contributed by atoms with Crippen molar-refractivity contribution in [3.63, 3.8) is 0 Å². The van der Waals surface area contributed by atoms with Crippen LogP contribution in [0.3, 0.4) is 0 Å². The van der Waals surface area contributed by atoms with Gasteiger partial charge in [0.1, 0.15) is 10.7 Å². The van der Waals surface area contributed by atoms with Crippen LogP contribution in [-0.2, 0) is 10.0 Å². The second-order valence-electron chi connectivity index (χ2n) is 5.16. The summed E-state index contributed by atoms with van der Waals surface area (Å²) in [6, 6.07) is 5.47. The molecule has 0 bridgehead atoms. The van der Waals surface area contributed by atoms with Crippen LogP contribution in [0.25, 0.3) is 0 Å². The molecular weight excluding hydrogens is 253 g/mol. The van der Waals surface area contributed by atoms with E-state index < -0.39 is 21.4 Å². The van der Waals surface area contributed by atoms with Crippen molar-refractivity contribution in [2.24, 2.45) is 0 Å². The van der Waals surface area contributed by atoms with Gasteiger partial charge in [-0.05, 0) is 31.9 Å². The Kier molecular flexibility index (Phi) is 3.73. The molecule has 0 radical (unpaired) electrons. The van der Waals surface area contributed by atoms with Crippen molar-refractivity contribution in [1.29, 1.82) is 0 Å². The van der Waals surface area contributed by atoms with Crippen LogP contribution in [0.5, 0.6) is 0 Å². The predicted octanol–water partition coefficient (Wildman–Crippen LogP) is 2.83. The fourth-order valence-electron chi connectivity index (χ4n) is 2.48. The third-order valence-electron chi connectivity index (χ3n) is 3.46. The van der Waals surface area contributed by atoms with Crippen LogP contribution in [0, 0.1) is 5.82 Å². The lowest BCUT2D eigenvalue weighted by molar-refractivity contribution is 0.293. The summed E-state index contributed by atoms with van der Waals surface area (Å²) in [5.41, 5.74) is -0.445. The summed E-state index contributed by atoms with van der Waals surface area (Å²) in [5, 5.41) is 0. The van der Waals surface area contributed by atoms with E-state index in [9.17, 15) is 12.8 Å². The Hall–Kier alpha value is -0.940. The van der Waals surface area contributed by atoms with Gasteiger partial charge in [-0.3, -0.25) is 0 Å². The Morgan fingerprint density at radius 1 is 1.17 bits per heavy atom. The van der Waals surface area contributed by atoms with Crippen molar-refractivity contribution in [2.45, 2.75) is 49.5 Å². The van der Waals surface area contributed by atoms with Gasteiger partial charge in [-0.1, -0.05) is 31.4 Å². The van der Waals surface area contributed by atoms with Crippen LogP contribution < -0.4 is 4.72 Å². The first kappa shape index (κ1) is 13.5. The first-order chi connectivity index (χ1) is 8.43. The normalized spacial score (nSPS) is 19.7. The minimum absolute atomic E-state index is 0.267. The quantitative estimate of drug-likeness (QED) is 0.919. The molecule has 5 heteroatoms. The molecule has 1 aromatic rings. The van der Waals surface area contributed by atoms with Crippen LogP contribution in [0.4, 0.5) is 4.39 Å². The summed E-state index contributed by atoms with van der Waals surface area (Å²) in [6.45, 7) is 1.89. The number of halogens is 1. The molecule has 1 saturated carbocycles. The van der Waals surface area contributed by atoms with Gasteiger partial charge in [0.05, 0.1) is 0 Å². The van der Waals surface area contributed by atoms with E-state index in [0.29, 0.717) is 0 Å². The molecule has 0 saturated heterocycles. The van der Waals surface area contributed by atoms with Crippen LogP contribution in [0.2, 0.25) is 0 Å². The first-order valence-corrected chi connectivity index (χ1v) is 7.70. The van der Waals surface area contributed by atoms with Crippen molar-refractivity contribution in [1.82, 2.24) is 4.72 Å². The Morgan fingerprint density at radius 2 is 1.78 bits per heavy atom. The fraction of sp³-hybridized carbons (Fsp3) is 0.538. The molecule has 0 heterocycles. The van der Waals surface area contributed by atoms with E-state index in [2.05, 4.69) is 4.72 Å². The number of nitrogens with one attached hydrogen (secondary N) is 1. The molecule has 1 fully saturated rings. The van der Waals surface area contributed by atoms with Crippen molar-refractivity contribution in [3.05, 3.63) is 30.1 Å². The average molecular weight is 271 g/mol. The van der Waals surface area contributed by atoms with E-state index in [0.717, 1.165) is 38.2 Å². The maximum atomic E-state index is 13.5. The fourth-order valence-corrected chi connectivity index (χ4v) is 4.02. The second kappa shape index (κ2) is 4.97. The molecular formula is C13H18FNO2S. The number of hydrogen-bond donors (Lipinski definition) is 1. The standard InChI is InChI=1S/C13H18FNO2S/c1-13(9-5-2-6-10-13)15-18(16,17)12-8-4-3-7-11(12)14/h3-4,7-8,15H,2,5-6,9-10H2,1H3. The predicted molar refractivity (Wildman–Crippen MR) is 68.2 cm³/mol. The molecule has 1 aliphatic carbocycles. The Bertz CT molecular complexity index is 522. The summed E-state index contributed by atoms with van der Waals surface area (Å²) in [6.07, 6.45) is 4.77. The molecule has 2 rings (SSSR count). The van der Waals surface area contributed by atoms with Gasteiger partial charge in [0, 0.05) is 5.54 Å². The molecule has 0 spiro atoms. The molecule has 100 valence electrons. The number of benzene rings is 1. The molecule has 0 aliphatic heterocycles. The first-order valence-electron chi connectivity index (χ1n) is 6.22. The van der Waals surface area contributed by atoms with Crippen LogP contribution in [-0.4, -0.2) is 14.0 Å². The molecule has 0 unspecified atom stereocenters. The van der Waals surface area contributed by atoms with Gasteiger partial charge >= 0.3 is 0 Å². The molecule has 0 aromatic heterocycles. The minimum atomic E-state index is -3.77. The Balaban J connectivity index is 2.25. The lowest BCUT2D eigenvalue weighted by Crippen LogP contribution is -2.47. The lowest BCUT2D eigenvalue weighted by Gasteiger charge is -2.34. The highest BCUT2D eigenvalue weighted by atomic mass is 32.2. The summed E-state index contributed by atoms with van der Waals surface area (Å²) in [5.74, 6) is -0.704. The van der Waals surface area contributed by atoms with E-state index in [1.165, 1.54) is 18.2 Å². The SMILES string of the molecule is CC1(NS(=O)(=O)c2ccccc2F)CCCCC1. The Labute approximate surface area is 107 Å². The van der Waals surface area contributed by atoms with Gasteiger partial charge in [0.2, 0.25) is 10.0 Å². The second-order valence-corrected chi connectivity index (χ2v) is 6.81. The summed E-state index contributed by atoms with van der Waals surface area (Å²) in [4.78, 5) is -0.267. The van der Waals surface area contributed by atoms with Gasteiger partial charge < -0.3 is 0 Å². The molecule has 1 aliphatic rings. The summed E-state index contributed by atoms with van der Waals surface area (Å²) < 4.78 is 40.6. The van der Waals surface area contributed by atoms with Gasteiger partial charge in [0.25, 0.3) is 0 Å². The lowest BCUT2D eigenvalue weighted by atomic mass is 9.84. The minimum Gasteiger partial charge on any atom is -0.207 e. The van der Waals surface area contributed by atoms with E-state index >= 15 is 0 Å².